The van der Waals surface area contributed by atoms with Crippen molar-refractivity contribution in [2.75, 3.05) is 26.8 Å². The van der Waals surface area contributed by atoms with Gasteiger partial charge >= 0.3 is 0 Å². The smallest absolute Gasteiger partial charge is 0.229 e. The molecule has 1 saturated heterocycles. The quantitative estimate of drug-likeness (QED) is 0.842. The summed E-state index contributed by atoms with van der Waals surface area (Å²) in [4.78, 5) is 4.41. The predicted molar refractivity (Wildman–Crippen MR) is 65.3 cm³/mol. The van der Waals surface area contributed by atoms with E-state index in [2.05, 4.69) is 15.5 Å². The van der Waals surface area contributed by atoms with Gasteiger partial charge in [-0.15, -0.1) is 0 Å². The first kappa shape index (κ1) is 13.5. The van der Waals surface area contributed by atoms with E-state index in [1.54, 1.807) is 7.11 Å². The zero-order valence-corrected chi connectivity index (χ0v) is 11.2. The van der Waals surface area contributed by atoms with Gasteiger partial charge in [0.25, 0.3) is 0 Å². The van der Waals surface area contributed by atoms with Gasteiger partial charge in [0.1, 0.15) is 5.60 Å². The van der Waals surface area contributed by atoms with Crippen LogP contribution in [0.5, 0.6) is 0 Å². The lowest BCUT2D eigenvalue weighted by Gasteiger charge is -2.22. The van der Waals surface area contributed by atoms with E-state index in [-0.39, 0.29) is 6.10 Å². The molecule has 1 aliphatic heterocycles. The van der Waals surface area contributed by atoms with Crippen LogP contribution < -0.4 is 5.32 Å². The minimum absolute atomic E-state index is 0.113. The minimum Gasteiger partial charge on any atom is -0.375 e. The van der Waals surface area contributed by atoms with Gasteiger partial charge in [-0.25, -0.2) is 0 Å². The van der Waals surface area contributed by atoms with Gasteiger partial charge in [0.2, 0.25) is 11.7 Å². The fourth-order valence-corrected chi connectivity index (χ4v) is 1.89. The second-order valence-electron chi connectivity index (χ2n) is 4.70. The van der Waals surface area contributed by atoms with E-state index in [4.69, 9.17) is 14.0 Å². The number of methoxy groups -OCH3 is 1. The molecule has 0 radical (unpaired) electrons. The molecule has 6 heteroatoms. The second kappa shape index (κ2) is 5.77. The summed E-state index contributed by atoms with van der Waals surface area (Å²) in [6.07, 6.45) is 1.55. The van der Waals surface area contributed by atoms with Gasteiger partial charge in [-0.05, 0) is 13.3 Å². The number of hydrogen-bond acceptors (Lipinski definition) is 6. The van der Waals surface area contributed by atoms with Crippen molar-refractivity contribution in [3.05, 3.63) is 11.7 Å². The van der Waals surface area contributed by atoms with Crippen molar-refractivity contribution in [2.24, 2.45) is 0 Å². The Bertz CT molecular complexity index is 370. The van der Waals surface area contributed by atoms with Gasteiger partial charge in [0, 0.05) is 20.2 Å². The molecule has 1 fully saturated rings. The zero-order chi connectivity index (χ0) is 13.0. The highest BCUT2D eigenvalue weighted by molar-refractivity contribution is 4.99. The first-order chi connectivity index (χ1) is 8.68. The lowest BCUT2D eigenvalue weighted by Crippen LogP contribution is -2.39. The molecule has 1 aromatic rings. The van der Waals surface area contributed by atoms with Gasteiger partial charge in [0.05, 0.1) is 19.1 Å². The standard InChI is InChI=1S/C12H21N3O3/c1-4-12(2,16-3)11-14-10(18-15-11)7-9-8-13-5-6-17-9/h9,13H,4-8H2,1-3H3. The van der Waals surface area contributed by atoms with Gasteiger partial charge in [-0.3, -0.25) is 0 Å². The van der Waals surface area contributed by atoms with Crippen LogP contribution in [0.15, 0.2) is 4.52 Å². The molecule has 102 valence electrons. The fraction of sp³-hybridized carbons (Fsp3) is 0.833. The number of morpholine rings is 1. The van der Waals surface area contributed by atoms with Crippen LogP contribution in [-0.4, -0.2) is 43.1 Å². The summed E-state index contributed by atoms with van der Waals surface area (Å²) in [5, 5.41) is 7.28. The maximum Gasteiger partial charge on any atom is 0.229 e. The lowest BCUT2D eigenvalue weighted by molar-refractivity contribution is -0.0106. The molecule has 2 heterocycles. The molecule has 0 bridgehead atoms. The molecular weight excluding hydrogens is 234 g/mol. The van der Waals surface area contributed by atoms with E-state index in [0.717, 1.165) is 26.1 Å². The SMILES string of the molecule is CCC(C)(OC)c1noc(CC2CNCCO2)n1. The van der Waals surface area contributed by atoms with Gasteiger partial charge in [-0.1, -0.05) is 12.1 Å². The van der Waals surface area contributed by atoms with E-state index in [1.165, 1.54) is 0 Å². The summed E-state index contributed by atoms with van der Waals surface area (Å²) in [5.74, 6) is 1.21. The van der Waals surface area contributed by atoms with Crippen LogP contribution in [0.1, 0.15) is 32.0 Å². The summed E-state index contributed by atoms with van der Waals surface area (Å²) in [6.45, 7) is 6.46. The maximum absolute atomic E-state index is 5.61. The molecule has 1 aromatic heterocycles. The van der Waals surface area contributed by atoms with E-state index in [0.29, 0.717) is 18.1 Å². The normalized spacial score (nSPS) is 23.8. The minimum atomic E-state index is -0.479. The van der Waals surface area contributed by atoms with Crippen molar-refractivity contribution in [1.29, 1.82) is 0 Å². The molecule has 6 nitrogen and oxygen atoms in total. The maximum atomic E-state index is 5.61. The highest BCUT2D eigenvalue weighted by Crippen LogP contribution is 2.25. The Kier molecular flexibility index (Phi) is 4.31. The van der Waals surface area contributed by atoms with Crippen molar-refractivity contribution in [3.63, 3.8) is 0 Å². The van der Waals surface area contributed by atoms with Crippen molar-refractivity contribution < 1.29 is 14.0 Å². The molecule has 1 aliphatic rings. The van der Waals surface area contributed by atoms with E-state index < -0.39 is 5.60 Å². The number of rotatable bonds is 5. The van der Waals surface area contributed by atoms with Crippen LogP contribution in [0.4, 0.5) is 0 Å². The number of hydrogen-bond donors (Lipinski definition) is 1. The van der Waals surface area contributed by atoms with Crippen LogP contribution in [0.25, 0.3) is 0 Å². The Morgan fingerprint density at radius 2 is 2.39 bits per heavy atom. The molecule has 2 rings (SSSR count). The summed E-state index contributed by atoms with van der Waals surface area (Å²) in [5.41, 5.74) is -0.479. The van der Waals surface area contributed by atoms with E-state index in [9.17, 15) is 0 Å². The average molecular weight is 255 g/mol. The van der Waals surface area contributed by atoms with Crippen molar-refractivity contribution in [2.45, 2.75) is 38.4 Å². The first-order valence-electron chi connectivity index (χ1n) is 6.38. The van der Waals surface area contributed by atoms with E-state index >= 15 is 0 Å². The molecule has 0 aliphatic carbocycles. The summed E-state index contributed by atoms with van der Waals surface area (Å²) in [7, 11) is 1.66. The van der Waals surface area contributed by atoms with Crippen LogP contribution in [0, 0.1) is 0 Å². The summed E-state index contributed by atoms with van der Waals surface area (Å²) < 4.78 is 16.3. The Morgan fingerprint density at radius 3 is 3.00 bits per heavy atom. The monoisotopic (exact) mass is 255 g/mol. The Morgan fingerprint density at radius 1 is 1.56 bits per heavy atom. The number of ether oxygens (including phenoxy) is 2. The van der Waals surface area contributed by atoms with Crippen LogP contribution in [0.3, 0.4) is 0 Å². The topological polar surface area (TPSA) is 69.4 Å². The second-order valence-corrected chi connectivity index (χ2v) is 4.70. The van der Waals surface area contributed by atoms with E-state index in [1.807, 2.05) is 13.8 Å². The largest absolute Gasteiger partial charge is 0.375 e. The fourth-order valence-electron chi connectivity index (χ4n) is 1.89. The Labute approximate surface area is 107 Å². The van der Waals surface area contributed by atoms with Crippen molar-refractivity contribution in [3.8, 4) is 0 Å². The lowest BCUT2D eigenvalue weighted by atomic mass is 10.0. The Balaban J connectivity index is 2.01. The number of nitrogens with one attached hydrogen (secondary N) is 1. The zero-order valence-electron chi connectivity index (χ0n) is 11.2. The highest BCUT2D eigenvalue weighted by Gasteiger charge is 2.30. The molecule has 1 N–H and O–H groups in total. The van der Waals surface area contributed by atoms with Crippen LogP contribution in [0.2, 0.25) is 0 Å². The van der Waals surface area contributed by atoms with Crippen LogP contribution in [-0.2, 0) is 21.5 Å². The predicted octanol–water partition coefficient (Wildman–Crippen LogP) is 0.872. The third-order valence-corrected chi connectivity index (χ3v) is 3.47. The van der Waals surface area contributed by atoms with Crippen LogP contribution >= 0.6 is 0 Å². The molecule has 0 spiro atoms. The average Bonchev–Trinajstić information content (AvgIpc) is 2.88. The molecule has 0 aromatic carbocycles. The first-order valence-corrected chi connectivity index (χ1v) is 6.38. The van der Waals surface area contributed by atoms with Crippen molar-refractivity contribution >= 4 is 0 Å². The number of nitrogens with zero attached hydrogens (tertiary/aromatic N) is 2. The van der Waals surface area contributed by atoms with Gasteiger partial charge in [-0.2, -0.15) is 4.98 Å². The third-order valence-electron chi connectivity index (χ3n) is 3.47. The molecule has 2 atom stereocenters. The Hall–Kier alpha value is -0.980. The molecule has 2 unspecified atom stereocenters. The molecule has 18 heavy (non-hydrogen) atoms. The summed E-state index contributed by atoms with van der Waals surface area (Å²) >= 11 is 0. The van der Waals surface area contributed by atoms with Crippen molar-refractivity contribution in [1.82, 2.24) is 15.5 Å². The van der Waals surface area contributed by atoms with Gasteiger partial charge < -0.3 is 19.3 Å². The summed E-state index contributed by atoms with van der Waals surface area (Å²) in [6, 6.07) is 0. The van der Waals surface area contributed by atoms with Gasteiger partial charge in [0.15, 0.2) is 0 Å². The molecular formula is C12H21N3O3. The molecule has 0 amide bonds. The number of aromatic nitrogens is 2. The molecule has 0 saturated carbocycles. The third kappa shape index (κ3) is 2.88. The highest BCUT2D eigenvalue weighted by atomic mass is 16.5.